The molecule has 0 aliphatic heterocycles. The molecule has 82 valence electrons. The summed E-state index contributed by atoms with van der Waals surface area (Å²) < 4.78 is 5.51. The van der Waals surface area contributed by atoms with E-state index in [1.165, 1.54) is 18.4 Å². The molecule has 1 aromatic heterocycles. The summed E-state index contributed by atoms with van der Waals surface area (Å²) in [7, 11) is 1.32. The maximum Gasteiger partial charge on any atom is 0.307 e. The Labute approximate surface area is 105 Å². The fraction of sp³-hybridized carbons (Fsp3) is 0.333. The first-order valence-corrected chi connectivity index (χ1v) is 6.18. The SMILES string of the molecule is COC(=O)CCNC(=O)c1csc(I)c1. The fourth-order valence-corrected chi connectivity index (χ4v) is 2.24. The summed E-state index contributed by atoms with van der Waals surface area (Å²) in [4.78, 5) is 22.2. The molecular formula is C9H10INO3S. The lowest BCUT2D eigenvalue weighted by Gasteiger charge is -2.01. The summed E-state index contributed by atoms with van der Waals surface area (Å²) in [5.74, 6) is -0.478. The van der Waals surface area contributed by atoms with Crippen molar-refractivity contribution in [3.05, 3.63) is 19.9 Å². The highest BCUT2D eigenvalue weighted by atomic mass is 127. The number of halogens is 1. The maximum absolute atomic E-state index is 11.5. The molecule has 0 radical (unpaired) electrons. The highest BCUT2D eigenvalue weighted by molar-refractivity contribution is 14.1. The minimum atomic E-state index is -0.324. The Balaban J connectivity index is 2.34. The van der Waals surface area contributed by atoms with Gasteiger partial charge in [0.1, 0.15) is 0 Å². The Morgan fingerprint density at radius 3 is 2.87 bits per heavy atom. The van der Waals surface area contributed by atoms with E-state index in [4.69, 9.17) is 0 Å². The van der Waals surface area contributed by atoms with Crippen LogP contribution in [0, 0.1) is 2.88 Å². The molecule has 0 aromatic carbocycles. The van der Waals surface area contributed by atoms with Gasteiger partial charge in [-0.3, -0.25) is 9.59 Å². The molecule has 1 aromatic rings. The van der Waals surface area contributed by atoms with Gasteiger partial charge < -0.3 is 10.1 Å². The van der Waals surface area contributed by atoms with Crippen molar-refractivity contribution in [2.75, 3.05) is 13.7 Å². The van der Waals surface area contributed by atoms with Crippen LogP contribution in [-0.2, 0) is 9.53 Å². The van der Waals surface area contributed by atoms with Gasteiger partial charge >= 0.3 is 5.97 Å². The van der Waals surface area contributed by atoms with Crippen LogP contribution in [0.2, 0.25) is 0 Å². The van der Waals surface area contributed by atoms with E-state index in [-0.39, 0.29) is 18.3 Å². The van der Waals surface area contributed by atoms with Crippen molar-refractivity contribution in [3.63, 3.8) is 0 Å². The maximum atomic E-state index is 11.5. The standard InChI is InChI=1S/C9H10INO3S/c1-14-8(12)2-3-11-9(13)6-4-7(10)15-5-6/h4-5H,2-3H2,1H3,(H,11,13). The molecule has 0 bridgehead atoms. The molecule has 0 saturated heterocycles. The lowest BCUT2D eigenvalue weighted by Crippen LogP contribution is -2.25. The molecule has 0 aliphatic rings. The first-order valence-electron chi connectivity index (χ1n) is 4.22. The Kier molecular flexibility index (Phi) is 5.03. The molecule has 1 N–H and O–H groups in total. The summed E-state index contributed by atoms with van der Waals surface area (Å²) >= 11 is 3.66. The number of rotatable bonds is 4. The van der Waals surface area contributed by atoms with Crippen LogP contribution in [0.25, 0.3) is 0 Å². The topological polar surface area (TPSA) is 55.4 Å². The fourth-order valence-electron chi connectivity index (χ4n) is 0.911. The van der Waals surface area contributed by atoms with Crippen LogP contribution in [0.1, 0.15) is 16.8 Å². The zero-order chi connectivity index (χ0) is 11.3. The molecule has 0 aliphatic carbocycles. The van der Waals surface area contributed by atoms with Crippen LogP contribution in [0.5, 0.6) is 0 Å². The zero-order valence-corrected chi connectivity index (χ0v) is 11.1. The third-order valence-corrected chi connectivity index (χ3v) is 3.46. The monoisotopic (exact) mass is 339 g/mol. The number of hydrogen-bond acceptors (Lipinski definition) is 4. The number of ether oxygens (including phenoxy) is 1. The van der Waals surface area contributed by atoms with Crippen LogP contribution >= 0.6 is 33.9 Å². The summed E-state index contributed by atoms with van der Waals surface area (Å²) in [6.07, 6.45) is 0.198. The number of methoxy groups -OCH3 is 1. The van der Waals surface area contributed by atoms with Gasteiger partial charge in [0.05, 0.1) is 22.0 Å². The average molecular weight is 339 g/mol. The highest BCUT2D eigenvalue weighted by Crippen LogP contribution is 2.16. The third kappa shape index (κ3) is 4.17. The molecule has 1 amide bonds. The van der Waals surface area contributed by atoms with E-state index in [0.29, 0.717) is 12.1 Å². The Morgan fingerprint density at radius 2 is 2.33 bits per heavy atom. The molecular weight excluding hydrogens is 329 g/mol. The number of carbonyl (C=O) groups is 2. The number of thiophene rings is 1. The summed E-state index contributed by atoms with van der Waals surface area (Å²) in [5.41, 5.74) is 0.634. The van der Waals surface area contributed by atoms with Gasteiger partial charge in [-0.1, -0.05) is 0 Å². The quantitative estimate of drug-likeness (QED) is 0.670. The first-order chi connectivity index (χ1) is 7.13. The third-order valence-electron chi connectivity index (χ3n) is 1.67. The Morgan fingerprint density at radius 1 is 1.60 bits per heavy atom. The summed E-state index contributed by atoms with van der Waals surface area (Å²) in [6, 6.07) is 1.80. The molecule has 4 nitrogen and oxygen atoms in total. The van der Waals surface area contributed by atoms with Crippen molar-refractivity contribution in [2.45, 2.75) is 6.42 Å². The van der Waals surface area contributed by atoms with Crippen LogP contribution in [-0.4, -0.2) is 25.5 Å². The van der Waals surface area contributed by atoms with Crippen LogP contribution in [0.15, 0.2) is 11.4 Å². The number of amides is 1. The van der Waals surface area contributed by atoms with Gasteiger partial charge in [-0.05, 0) is 28.7 Å². The zero-order valence-electron chi connectivity index (χ0n) is 8.08. The van der Waals surface area contributed by atoms with E-state index >= 15 is 0 Å². The lowest BCUT2D eigenvalue weighted by atomic mass is 10.3. The molecule has 1 rings (SSSR count). The lowest BCUT2D eigenvalue weighted by molar-refractivity contribution is -0.140. The molecule has 0 saturated carbocycles. The van der Waals surface area contributed by atoms with E-state index in [9.17, 15) is 9.59 Å². The number of carbonyl (C=O) groups excluding carboxylic acids is 2. The van der Waals surface area contributed by atoms with Crippen LogP contribution in [0.4, 0.5) is 0 Å². The molecule has 0 atom stereocenters. The van der Waals surface area contributed by atoms with Gasteiger partial charge in [0.15, 0.2) is 0 Å². The molecule has 15 heavy (non-hydrogen) atoms. The van der Waals surface area contributed by atoms with E-state index in [2.05, 4.69) is 32.6 Å². The predicted octanol–water partition coefficient (Wildman–Crippen LogP) is 1.65. The van der Waals surface area contributed by atoms with E-state index in [0.717, 1.165) is 2.88 Å². The number of hydrogen-bond donors (Lipinski definition) is 1. The highest BCUT2D eigenvalue weighted by Gasteiger charge is 2.08. The molecule has 1 heterocycles. The number of esters is 1. The second-order valence-corrected chi connectivity index (χ2v) is 5.53. The molecule has 0 unspecified atom stereocenters. The van der Waals surface area contributed by atoms with Crippen molar-refractivity contribution >= 4 is 45.8 Å². The van der Waals surface area contributed by atoms with Crippen molar-refractivity contribution in [1.82, 2.24) is 5.32 Å². The Bertz CT molecular complexity index is 364. The van der Waals surface area contributed by atoms with Gasteiger partial charge in [0, 0.05) is 11.9 Å². The van der Waals surface area contributed by atoms with Crippen LogP contribution < -0.4 is 5.32 Å². The van der Waals surface area contributed by atoms with Crippen molar-refractivity contribution in [1.29, 1.82) is 0 Å². The van der Waals surface area contributed by atoms with Gasteiger partial charge in [-0.2, -0.15) is 0 Å². The van der Waals surface area contributed by atoms with Gasteiger partial charge in [-0.25, -0.2) is 0 Å². The van der Waals surface area contributed by atoms with Crippen molar-refractivity contribution < 1.29 is 14.3 Å². The normalized spacial score (nSPS) is 9.73. The largest absolute Gasteiger partial charge is 0.469 e. The van der Waals surface area contributed by atoms with Crippen molar-refractivity contribution in [3.8, 4) is 0 Å². The average Bonchev–Trinajstić information content (AvgIpc) is 2.64. The van der Waals surface area contributed by atoms with Crippen LogP contribution in [0.3, 0.4) is 0 Å². The van der Waals surface area contributed by atoms with E-state index < -0.39 is 0 Å². The minimum absolute atomic E-state index is 0.155. The predicted molar refractivity (Wildman–Crippen MR) is 66.0 cm³/mol. The molecule has 6 heteroatoms. The summed E-state index contributed by atoms with van der Waals surface area (Å²) in [6.45, 7) is 0.304. The second-order valence-electron chi connectivity index (χ2n) is 2.72. The van der Waals surface area contributed by atoms with Gasteiger partial charge in [0.25, 0.3) is 5.91 Å². The molecule has 0 spiro atoms. The Hall–Kier alpha value is -0.630. The molecule has 0 fully saturated rings. The van der Waals surface area contributed by atoms with Gasteiger partial charge in [-0.15, -0.1) is 11.3 Å². The second kappa shape index (κ2) is 6.06. The van der Waals surface area contributed by atoms with E-state index in [1.807, 2.05) is 0 Å². The number of nitrogens with one attached hydrogen (secondary N) is 1. The van der Waals surface area contributed by atoms with Gasteiger partial charge in [0.2, 0.25) is 0 Å². The first kappa shape index (κ1) is 12.4. The van der Waals surface area contributed by atoms with Crippen molar-refractivity contribution in [2.24, 2.45) is 0 Å². The smallest absolute Gasteiger partial charge is 0.307 e. The van der Waals surface area contributed by atoms with E-state index in [1.54, 1.807) is 11.4 Å². The minimum Gasteiger partial charge on any atom is -0.469 e. The summed E-state index contributed by atoms with van der Waals surface area (Å²) in [5, 5.41) is 4.43.